The first-order valence-corrected chi connectivity index (χ1v) is 11.3. The van der Waals surface area contributed by atoms with Gasteiger partial charge in [0.1, 0.15) is 12.2 Å². The second-order valence-electron chi connectivity index (χ2n) is 7.96. The molecule has 1 N–H and O–H groups in total. The van der Waals surface area contributed by atoms with Crippen LogP contribution in [0.25, 0.3) is 17.7 Å². The monoisotopic (exact) mass is 465 g/mol. The quantitative estimate of drug-likeness (QED) is 0.226. The number of halogens is 1. The molecule has 0 spiro atoms. The molecule has 1 aliphatic carbocycles. The van der Waals surface area contributed by atoms with Crippen LogP contribution in [0.4, 0.5) is 4.39 Å². The van der Waals surface area contributed by atoms with E-state index in [1.807, 2.05) is 19.1 Å². The molecule has 1 unspecified atom stereocenters. The number of Topliss-reactive ketones (excluding diaryl/α,β-unsaturated/α-hetero) is 1. The molecule has 5 nitrogen and oxygen atoms in total. The number of ether oxygens (including phenoxy) is 1. The Morgan fingerprint density at radius 3 is 2.59 bits per heavy atom. The van der Waals surface area contributed by atoms with Crippen molar-refractivity contribution in [3.05, 3.63) is 84.0 Å². The fourth-order valence-corrected chi connectivity index (χ4v) is 3.61. The van der Waals surface area contributed by atoms with Crippen molar-refractivity contribution in [1.82, 2.24) is 4.98 Å². The van der Waals surface area contributed by atoms with Crippen molar-refractivity contribution in [2.24, 2.45) is 0 Å². The van der Waals surface area contributed by atoms with Crippen LogP contribution >= 0.6 is 0 Å². The lowest BCUT2D eigenvalue weighted by molar-refractivity contribution is -0.145. The number of carbonyl (C=O) groups is 2. The number of hydrogen-bond donors (Lipinski definition) is 1. The molecule has 1 saturated carbocycles. The molecule has 0 aromatic carbocycles. The van der Waals surface area contributed by atoms with E-state index >= 15 is 0 Å². The number of hydrogen-bond acceptors (Lipinski definition) is 5. The number of aliphatic hydroxyl groups is 1. The van der Waals surface area contributed by atoms with E-state index in [2.05, 4.69) is 13.2 Å². The van der Waals surface area contributed by atoms with E-state index in [0.29, 0.717) is 11.9 Å². The molecule has 1 atom stereocenters. The Labute approximate surface area is 200 Å². The van der Waals surface area contributed by atoms with Gasteiger partial charge in [-0.1, -0.05) is 49.6 Å². The van der Waals surface area contributed by atoms with Gasteiger partial charge in [0.05, 0.1) is 30.4 Å². The van der Waals surface area contributed by atoms with Crippen LogP contribution < -0.4 is 0 Å². The predicted octanol–water partition coefficient (Wildman–Crippen LogP) is 5.81. The predicted molar refractivity (Wildman–Crippen MR) is 135 cm³/mol. The van der Waals surface area contributed by atoms with Crippen molar-refractivity contribution in [2.75, 3.05) is 6.61 Å². The van der Waals surface area contributed by atoms with Gasteiger partial charge >= 0.3 is 5.97 Å². The lowest BCUT2D eigenvalue weighted by Crippen LogP contribution is -2.16. The van der Waals surface area contributed by atoms with Crippen molar-refractivity contribution in [1.29, 1.82) is 0 Å². The smallest absolute Gasteiger partial charge is 0.313 e. The average Bonchev–Trinajstić information content (AvgIpc) is 3.63. The summed E-state index contributed by atoms with van der Waals surface area (Å²) in [7, 11) is 0. The standard InChI is InChI=1S/C28H32FNO4/c1-5-8-11-25-19(4)27(20(6-2)10-9-16-29)24(28(30-25)21-12-13-21)15-14-22(31)17-23(32)18-26(33)34-7-3/h5-6,8-11,14-16,21-22,31H,1-2,7,12-13,17-18H2,3-4H3/b11-8-,15-14+,16-9+,20-10+. The molecule has 0 bridgehead atoms. The van der Waals surface area contributed by atoms with Crippen LogP contribution in [0.1, 0.15) is 66.6 Å². The highest BCUT2D eigenvalue weighted by Gasteiger charge is 2.30. The second-order valence-corrected chi connectivity index (χ2v) is 7.96. The molecule has 1 aromatic heterocycles. The zero-order valence-corrected chi connectivity index (χ0v) is 19.8. The van der Waals surface area contributed by atoms with E-state index in [0.717, 1.165) is 40.9 Å². The molecule has 0 saturated heterocycles. The summed E-state index contributed by atoms with van der Waals surface area (Å²) in [5, 5.41) is 10.4. The molecule has 0 aliphatic heterocycles. The largest absolute Gasteiger partial charge is 0.466 e. The summed E-state index contributed by atoms with van der Waals surface area (Å²) in [6.45, 7) is 11.4. The van der Waals surface area contributed by atoms with Crippen LogP contribution in [0.15, 0.2) is 55.9 Å². The molecule has 0 amide bonds. The average molecular weight is 466 g/mol. The number of allylic oxidation sites excluding steroid dienone is 6. The van der Waals surface area contributed by atoms with E-state index < -0.39 is 17.9 Å². The first-order valence-electron chi connectivity index (χ1n) is 11.3. The van der Waals surface area contributed by atoms with Gasteiger partial charge in [0.15, 0.2) is 0 Å². The normalized spacial score (nSPS) is 15.2. The maximum atomic E-state index is 12.8. The van der Waals surface area contributed by atoms with E-state index in [9.17, 15) is 19.1 Å². The number of aliphatic hydroxyl groups excluding tert-OH is 1. The van der Waals surface area contributed by atoms with Gasteiger partial charge in [-0.25, -0.2) is 4.39 Å². The van der Waals surface area contributed by atoms with Gasteiger partial charge in [-0.15, -0.1) is 0 Å². The second kappa shape index (κ2) is 13.4. The Morgan fingerprint density at radius 1 is 1.26 bits per heavy atom. The number of pyridine rings is 1. The molecule has 180 valence electrons. The third-order valence-corrected chi connectivity index (χ3v) is 5.33. The van der Waals surface area contributed by atoms with Gasteiger partial charge in [0, 0.05) is 17.9 Å². The number of carbonyl (C=O) groups excluding carboxylic acids is 2. The Hall–Kier alpha value is -3.38. The van der Waals surface area contributed by atoms with Crippen molar-refractivity contribution < 1.29 is 23.8 Å². The highest BCUT2D eigenvalue weighted by atomic mass is 19.1. The van der Waals surface area contributed by atoms with E-state index in [-0.39, 0.29) is 25.4 Å². The molecular formula is C28H32FNO4. The topological polar surface area (TPSA) is 76.5 Å². The van der Waals surface area contributed by atoms with Crippen molar-refractivity contribution in [2.45, 2.75) is 51.6 Å². The van der Waals surface area contributed by atoms with Crippen molar-refractivity contribution >= 4 is 29.5 Å². The molecular weight excluding hydrogens is 433 g/mol. The molecule has 1 aliphatic rings. The Kier molecular flexibility index (Phi) is 10.6. The SMILES string of the molecule is C=C/C=C\c1nc(C2CC2)c(/C=C/C(O)CC(=O)CC(=O)OCC)c(/C(C=C)=C/C=C/F)c1C. The number of esters is 1. The molecule has 6 heteroatoms. The maximum absolute atomic E-state index is 12.8. The van der Waals surface area contributed by atoms with E-state index in [1.54, 1.807) is 31.2 Å². The van der Waals surface area contributed by atoms with Gasteiger partial charge in [0.25, 0.3) is 0 Å². The summed E-state index contributed by atoms with van der Waals surface area (Å²) in [6.07, 6.45) is 14.0. The van der Waals surface area contributed by atoms with Crippen molar-refractivity contribution in [3.63, 3.8) is 0 Å². The fourth-order valence-electron chi connectivity index (χ4n) is 3.61. The Bertz CT molecular complexity index is 1040. The van der Waals surface area contributed by atoms with Crippen LogP contribution in [0.3, 0.4) is 0 Å². The Morgan fingerprint density at radius 2 is 2.00 bits per heavy atom. The molecule has 34 heavy (non-hydrogen) atoms. The minimum absolute atomic E-state index is 0.197. The summed E-state index contributed by atoms with van der Waals surface area (Å²) in [6, 6.07) is 0. The van der Waals surface area contributed by atoms with E-state index in [4.69, 9.17) is 9.72 Å². The molecule has 1 aromatic rings. The van der Waals surface area contributed by atoms with Gasteiger partial charge < -0.3 is 9.84 Å². The Balaban J connectivity index is 2.50. The van der Waals surface area contributed by atoms with Crippen LogP contribution in [-0.2, 0) is 14.3 Å². The van der Waals surface area contributed by atoms with Gasteiger partial charge in [-0.05, 0) is 55.5 Å². The number of rotatable bonds is 13. The van der Waals surface area contributed by atoms with Crippen LogP contribution in [-0.4, -0.2) is 34.6 Å². The summed E-state index contributed by atoms with van der Waals surface area (Å²) >= 11 is 0. The van der Waals surface area contributed by atoms with Crippen LogP contribution in [0, 0.1) is 6.92 Å². The van der Waals surface area contributed by atoms with E-state index in [1.165, 1.54) is 12.2 Å². The van der Waals surface area contributed by atoms with Crippen molar-refractivity contribution in [3.8, 4) is 0 Å². The van der Waals surface area contributed by atoms with Crippen LogP contribution in [0.5, 0.6) is 0 Å². The molecule has 1 heterocycles. The molecule has 1 fully saturated rings. The summed E-state index contributed by atoms with van der Waals surface area (Å²) in [5.41, 5.74) is 4.85. The first-order chi connectivity index (χ1) is 16.4. The van der Waals surface area contributed by atoms with Gasteiger partial charge in [0.2, 0.25) is 0 Å². The van der Waals surface area contributed by atoms with Gasteiger partial charge in [-0.3, -0.25) is 14.6 Å². The number of nitrogens with zero attached hydrogens (tertiary/aromatic N) is 1. The zero-order valence-electron chi connectivity index (χ0n) is 19.8. The van der Waals surface area contributed by atoms with Crippen LogP contribution in [0.2, 0.25) is 0 Å². The van der Waals surface area contributed by atoms with Gasteiger partial charge in [-0.2, -0.15) is 0 Å². The lowest BCUT2D eigenvalue weighted by atomic mass is 9.90. The highest BCUT2D eigenvalue weighted by molar-refractivity contribution is 5.96. The third-order valence-electron chi connectivity index (χ3n) is 5.33. The lowest BCUT2D eigenvalue weighted by Gasteiger charge is -2.18. The highest BCUT2D eigenvalue weighted by Crippen LogP contribution is 2.44. The summed E-state index contributed by atoms with van der Waals surface area (Å²) in [4.78, 5) is 28.5. The minimum atomic E-state index is -1.08. The molecule has 2 rings (SSSR count). The number of ketones is 1. The molecule has 0 radical (unpaired) electrons. The summed E-state index contributed by atoms with van der Waals surface area (Å²) < 4.78 is 17.6. The maximum Gasteiger partial charge on any atom is 0.313 e. The summed E-state index contributed by atoms with van der Waals surface area (Å²) in [5.74, 6) is -0.732. The zero-order chi connectivity index (χ0) is 25.1. The first kappa shape index (κ1) is 26.9. The third kappa shape index (κ3) is 7.59. The number of aromatic nitrogens is 1. The minimum Gasteiger partial charge on any atom is -0.466 e. The fraction of sp³-hybridized carbons (Fsp3) is 0.321.